The molecule has 0 saturated heterocycles. The molecule has 0 unspecified atom stereocenters. The number of ether oxygens (including phenoxy) is 2. The number of nitrogen functional groups attached to an aromatic ring is 1. The number of nitrogens with zero attached hydrogens (tertiary/aromatic N) is 2. The van der Waals surface area contributed by atoms with Crippen LogP contribution in [0.2, 0.25) is 0 Å². The van der Waals surface area contributed by atoms with Crippen LogP contribution in [0.1, 0.15) is 18.9 Å². The summed E-state index contributed by atoms with van der Waals surface area (Å²) < 4.78 is 11.1. The first kappa shape index (κ1) is 14.0. The molecule has 2 heterocycles. The first-order valence-electron chi connectivity index (χ1n) is 6.94. The fraction of sp³-hybridized carbons (Fsp3) is 0.333. The van der Waals surface area contributed by atoms with Crippen molar-refractivity contribution in [2.24, 2.45) is 0 Å². The van der Waals surface area contributed by atoms with Gasteiger partial charge >= 0.3 is 0 Å². The number of rotatable bonds is 4. The lowest BCUT2D eigenvalue weighted by molar-refractivity contribution is 0.171. The van der Waals surface area contributed by atoms with Gasteiger partial charge in [0.15, 0.2) is 11.5 Å². The Labute approximate surface area is 127 Å². The first-order chi connectivity index (χ1) is 10.3. The highest BCUT2D eigenvalue weighted by molar-refractivity contribution is 7.99. The maximum Gasteiger partial charge on any atom is 0.162 e. The fourth-order valence-corrected chi connectivity index (χ4v) is 3.14. The summed E-state index contributed by atoms with van der Waals surface area (Å²) in [5.41, 5.74) is 6.98. The summed E-state index contributed by atoms with van der Waals surface area (Å²) in [5, 5.41) is 0.904. The van der Waals surface area contributed by atoms with E-state index in [1.54, 1.807) is 11.8 Å². The molecule has 2 aromatic rings. The van der Waals surface area contributed by atoms with Crippen molar-refractivity contribution in [3.8, 4) is 11.5 Å². The van der Waals surface area contributed by atoms with Gasteiger partial charge in [-0.15, -0.1) is 0 Å². The standard InChI is InChI=1S/C15H17N3O2S/c1-2-3-11-14(16)17-9-18-15(11)21-10-4-5-12-13(8-10)20-7-6-19-12/h4-5,8-9H,2-3,6-7H2,1H3,(H2,16,17,18). The van der Waals surface area contributed by atoms with Crippen molar-refractivity contribution < 1.29 is 9.47 Å². The Morgan fingerprint density at radius 1 is 1.19 bits per heavy atom. The highest BCUT2D eigenvalue weighted by Crippen LogP contribution is 2.37. The maximum absolute atomic E-state index is 5.96. The topological polar surface area (TPSA) is 70.3 Å². The number of hydrogen-bond acceptors (Lipinski definition) is 6. The molecule has 1 aromatic carbocycles. The van der Waals surface area contributed by atoms with Gasteiger partial charge in [-0.3, -0.25) is 0 Å². The molecule has 1 aliphatic heterocycles. The van der Waals surface area contributed by atoms with Crippen LogP contribution < -0.4 is 15.2 Å². The van der Waals surface area contributed by atoms with Gasteiger partial charge in [-0.1, -0.05) is 25.1 Å². The Hall–Kier alpha value is -1.95. The molecule has 1 aliphatic rings. The van der Waals surface area contributed by atoms with Crippen LogP contribution in [0.4, 0.5) is 5.82 Å². The molecule has 5 nitrogen and oxygen atoms in total. The number of anilines is 1. The zero-order chi connectivity index (χ0) is 14.7. The molecular formula is C15H17N3O2S. The molecule has 0 amide bonds. The van der Waals surface area contributed by atoms with E-state index >= 15 is 0 Å². The fourth-order valence-electron chi connectivity index (χ4n) is 2.18. The first-order valence-corrected chi connectivity index (χ1v) is 7.76. The van der Waals surface area contributed by atoms with Crippen LogP contribution in [0, 0.1) is 0 Å². The summed E-state index contributed by atoms with van der Waals surface area (Å²) >= 11 is 1.57. The molecule has 0 atom stereocenters. The molecule has 0 saturated carbocycles. The second-order valence-electron chi connectivity index (χ2n) is 4.70. The monoisotopic (exact) mass is 303 g/mol. The summed E-state index contributed by atoms with van der Waals surface area (Å²) in [4.78, 5) is 9.49. The summed E-state index contributed by atoms with van der Waals surface area (Å²) in [6, 6.07) is 5.92. The third-order valence-corrected chi connectivity index (χ3v) is 4.20. The molecule has 0 fully saturated rings. The van der Waals surface area contributed by atoms with Crippen LogP contribution in [-0.2, 0) is 6.42 Å². The van der Waals surface area contributed by atoms with Crippen molar-refractivity contribution >= 4 is 17.6 Å². The van der Waals surface area contributed by atoms with Crippen LogP contribution in [0.15, 0.2) is 34.4 Å². The molecule has 0 radical (unpaired) electrons. The second kappa shape index (κ2) is 6.22. The third-order valence-electron chi connectivity index (χ3n) is 3.17. The largest absolute Gasteiger partial charge is 0.486 e. The summed E-state index contributed by atoms with van der Waals surface area (Å²) in [5.74, 6) is 2.14. The zero-order valence-electron chi connectivity index (χ0n) is 11.8. The molecule has 6 heteroatoms. The predicted octanol–water partition coefficient (Wildman–Crippen LogP) is 2.93. The van der Waals surface area contributed by atoms with Crippen molar-refractivity contribution in [2.75, 3.05) is 18.9 Å². The van der Waals surface area contributed by atoms with E-state index in [4.69, 9.17) is 15.2 Å². The smallest absolute Gasteiger partial charge is 0.162 e. The van der Waals surface area contributed by atoms with Crippen LogP contribution in [0.25, 0.3) is 0 Å². The number of nitrogens with two attached hydrogens (primary N) is 1. The van der Waals surface area contributed by atoms with Gasteiger partial charge in [0.25, 0.3) is 0 Å². The average molecular weight is 303 g/mol. The predicted molar refractivity (Wildman–Crippen MR) is 82.0 cm³/mol. The van der Waals surface area contributed by atoms with Crippen LogP contribution in [0.3, 0.4) is 0 Å². The molecule has 0 spiro atoms. The number of aromatic nitrogens is 2. The number of fused-ring (bicyclic) bond motifs is 1. The summed E-state index contributed by atoms with van der Waals surface area (Å²) in [6.07, 6.45) is 3.39. The summed E-state index contributed by atoms with van der Waals surface area (Å²) in [7, 11) is 0. The van der Waals surface area contributed by atoms with Crippen molar-refractivity contribution in [3.05, 3.63) is 30.1 Å². The van der Waals surface area contributed by atoms with Crippen LogP contribution in [0.5, 0.6) is 11.5 Å². The Bertz CT molecular complexity index is 649. The lowest BCUT2D eigenvalue weighted by Gasteiger charge is -2.18. The van der Waals surface area contributed by atoms with Gasteiger partial charge in [0.05, 0.1) is 0 Å². The summed E-state index contributed by atoms with van der Waals surface area (Å²) in [6.45, 7) is 3.30. The maximum atomic E-state index is 5.96. The van der Waals surface area contributed by atoms with Gasteiger partial charge in [-0.2, -0.15) is 0 Å². The van der Waals surface area contributed by atoms with Crippen LogP contribution >= 0.6 is 11.8 Å². The molecule has 2 N–H and O–H groups in total. The van der Waals surface area contributed by atoms with Crippen molar-refractivity contribution in [1.82, 2.24) is 9.97 Å². The molecular weight excluding hydrogens is 286 g/mol. The third kappa shape index (κ3) is 3.05. The normalized spacial score (nSPS) is 13.2. The van der Waals surface area contributed by atoms with E-state index in [0.717, 1.165) is 39.8 Å². The quantitative estimate of drug-likeness (QED) is 0.876. The molecule has 21 heavy (non-hydrogen) atoms. The molecule has 0 bridgehead atoms. The minimum absolute atomic E-state index is 0.562. The highest BCUT2D eigenvalue weighted by atomic mass is 32.2. The van der Waals surface area contributed by atoms with E-state index in [1.165, 1.54) is 6.33 Å². The second-order valence-corrected chi connectivity index (χ2v) is 5.76. The van der Waals surface area contributed by atoms with E-state index in [9.17, 15) is 0 Å². The average Bonchev–Trinajstić information content (AvgIpc) is 2.51. The van der Waals surface area contributed by atoms with Gasteiger partial charge in [-0.25, -0.2) is 9.97 Å². The Balaban J connectivity index is 1.88. The van der Waals surface area contributed by atoms with Crippen LogP contribution in [-0.4, -0.2) is 23.2 Å². The van der Waals surface area contributed by atoms with Gasteiger partial charge in [-0.05, 0) is 24.6 Å². The van der Waals surface area contributed by atoms with Gasteiger partial charge < -0.3 is 15.2 Å². The minimum atomic E-state index is 0.562. The Morgan fingerprint density at radius 2 is 2.00 bits per heavy atom. The Morgan fingerprint density at radius 3 is 2.81 bits per heavy atom. The van der Waals surface area contributed by atoms with Crippen molar-refractivity contribution in [2.45, 2.75) is 29.7 Å². The zero-order valence-corrected chi connectivity index (χ0v) is 12.7. The molecule has 110 valence electrons. The van der Waals surface area contributed by atoms with E-state index in [-0.39, 0.29) is 0 Å². The number of benzene rings is 1. The molecule has 0 aliphatic carbocycles. The van der Waals surface area contributed by atoms with E-state index in [0.29, 0.717) is 19.0 Å². The number of hydrogen-bond donors (Lipinski definition) is 1. The van der Waals surface area contributed by atoms with E-state index in [1.807, 2.05) is 18.2 Å². The van der Waals surface area contributed by atoms with Gasteiger partial charge in [0.2, 0.25) is 0 Å². The van der Waals surface area contributed by atoms with E-state index < -0.39 is 0 Å². The van der Waals surface area contributed by atoms with E-state index in [2.05, 4.69) is 16.9 Å². The molecule has 1 aromatic heterocycles. The van der Waals surface area contributed by atoms with Gasteiger partial charge in [0, 0.05) is 10.5 Å². The highest BCUT2D eigenvalue weighted by Gasteiger charge is 2.14. The lowest BCUT2D eigenvalue weighted by atomic mass is 10.2. The minimum Gasteiger partial charge on any atom is -0.486 e. The molecule has 3 rings (SSSR count). The van der Waals surface area contributed by atoms with Crippen molar-refractivity contribution in [3.63, 3.8) is 0 Å². The van der Waals surface area contributed by atoms with Crippen molar-refractivity contribution in [1.29, 1.82) is 0 Å². The lowest BCUT2D eigenvalue weighted by Crippen LogP contribution is -2.15. The van der Waals surface area contributed by atoms with Gasteiger partial charge in [0.1, 0.15) is 30.4 Å². The SMILES string of the molecule is CCCc1c(N)ncnc1Sc1ccc2c(c1)OCCO2. The Kier molecular flexibility index (Phi) is 4.15.